The van der Waals surface area contributed by atoms with Gasteiger partial charge in [-0.25, -0.2) is 0 Å². The van der Waals surface area contributed by atoms with Gasteiger partial charge in [-0.15, -0.1) is 0 Å². The van der Waals surface area contributed by atoms with Crippen molar-refractivity contribution in [2.24, 2.45) is 4.99 Å². The summed E-state index contributed by atoms with van der Waals surface area (Å²) in [6.45, 7) is 7.16. The van der Waals surface area contributed by atoms with Crippen LogP contribution in [-0.4, -0.2) is 23.4 Å². The fourth-order valence-corrected chi connectivity index (χ4v) is 2.23. The first-order chi connectivity index (χ1) is 10.4. The van der Waals surface area contributed by atoms with E-state index in [0.717, 1.165) is 13.0 Å². The molecule has 1 aliphatic rings. The molecular weight excluding hydrogens is 294 g/mol. The number of carbonyl (C=O) groups excluding carboxylic acids is 1. The molecule has 4 nitrogen and oxygen atoms in total. The zero-order valence-corrected chi connectivity index (χ0v) is 14.0. The second kappa shape index (κ2) is 6.83. The lowest BCUT2D eigenvalue weighted by molar-refractivity contribution is 0.0977. The number of hydrogen-bond acceptors (Lipinski definition) is 3. The molecule has 0 saturated carbocycles. The summed E-state index contributed by atoms with van der Waals surface area (Å²) in [5.74, 6) is 0.456. The second-order valence-corrected chi connectivity index (χ2v) is 6.60. The molecule has 0 aromatic heterocycles. The number of amidine groups is 1. The van der Waals surface area contributed by atoms with Crippen molar-refractivity contribution in [1.82, 2.24) is 10.6 Å². The lowest BCUT2D eigenvalue weighted by Gasteiger charge is -2.19. The molecule has 0 bridgehead atoms. The van der Waals surface area contributed by atoms with Gasteiger partial charge in [0.25, 0.3) is 5.91 Å². The van der Waals surface area contributed by atoms with Gasteiger partial charge in [-0.05, 0) is 47.8 Å². The minimum Gasteiger partial charge on any atom is -0.317 e. The Labute approximate surface area is 136 Å². The van der Waals surface area contributed by atoms with Crippen LogP contribution in [-0.2, 0) is 5.41 Å². The monoisotopic (exact) mass is 315 g/mol. The normalized spacial score (nSPS) is 14.2. The first-order valence-electron chi connectivity index (χ1n) is 7.30. The highest BCUT2D eigenvalue weighted by atomic mass is 32.1. The van der Waals surface area contributed by atoms with E-state index in [1.807, 2.05) is 36.4 Å². The van der Waals surface area contributed by atoms with Crippen LogP contribution in [0.25, 0.3) is 0 Å². The van der Waals surface area contributed by atoms with E-state index < -0.39 is 0 Å². The largest absolute Gasteiger partial charge is 0.317 e. The van der Waals surface area contributed by atoms with E-state index in [1.54, 1.807) is 0 Å². The molecule has 0 atom stereocenters. The molecule has 0 spiro atoms. The van der Waals surface area contributed by atoms with Gasteiger partial charge in [-0.3, -0.25) is 15.1 Å². The molecule has 2 N–H and O–H groups in total. The van der Waals surface area contributed by atoms with Crippen LogP contribution < -0.4 is 10.6 Å². The summed E-state index contributed by atoms with van der Waals surface area (Å²) in [6, 6.07) is 7.58. The smallest absolute Gasteiger partial charge is 0.257 e. The van der Waals surface area contributed by atoms with E-state index in [2.05, 4.69) is 36.4 Å². The highest BCUT2D eigenvalue weighted by molar-refractivity contribution is 7.80. The predicted octanol–water partition coefficient (Wildman–Crippen LogP) is 2.95. The van der Waals surface area contributed by atoms with Gasteiger partial charge in [0.05, 0.1) is 0 Å². The highest BCUT2D eigenvalue weighted by Gasteiger charge is 2.15. The van der Waals surface area contributed by atoms with Crippen molar-refractivity contribution in [2.45, 2.75) is 32.6 Å². The van der Waals surface area contributed by atoms with E-state index in [9.17, 15) is 4.79 Å². The van der Waals surface area contributed by atoms with Crippen molar-refractivity contribution in [1.29, 1.82) is 0 Å². The summed E-state index contributed by atoms with van der Waals surface area (Å²) >= 11 is 5.14. The minimum absolute atomic E-state index is 0.0668. The van der Waals surface area contributed by atoms with E-state index in [4.69, 9.17) is 12.2 Å². The predicted molar refractivity (Wildman–Crippen MR) is 94.4 cm³/mol. The number of carbonyl (C=O) groups is 1. The Kier molecular flexibility index (Phi) is 5.08. The molecule has 5 heteroatoms. The summed E-state index contributed by atoms with van der Waals surface area (Å²) in [6.07, 6.45) is 4.81. The van der Waals surface area contributed by atoms with Crippen molar-refractivity contribution in [3.63, 3.8) is 0 Å². The van der Waals surface area contributed by atoms with Crippen molar-refractivity contribution in [2.75, 3.05) is 6.54 Å². The third kappa shape index (κ3) is 4.49. The highest BCUT2D eigenvalue weighted by Crippen LogP contribution is 2.22. The van der Waals surface area contributed by atoms with Crippen LogP contribution in [0, 0.1) is 0 Å². The second-order valence-electron chi connectivity index (χ2n) is 6.19. The average Bonchev–Trinajstić information content (AvgIpc) is 2.47. The van der Waals surface area contributed by atoms with Crippen LogP contribution in [0.3, 0.4) is 0 Å². The van der Waals surface area contributed by atoms with Gasteiger partial charge < -0.3 is 5.32 Å². The maximum absolute atomic E-state index is 12.2. The van der Waals surface area contributed by atoms with Crippen molar-refractivity contribution >= 4 is 29.1 Å². The van der Waals surface area contributed by atoms with E-state index in [1.165, 1.54) is 5.56 Å². The quantitative estimate of drug-likeness (QED) is 0.784. The Morgan fingerprint density at radius 1 is 1.23 bits per heavy atom. The van der Waals surface area contributed by atoms with E-state index >= 15 is 0 Å². The fraction of sp³-hybridized carbons (Fsp3) is 0.353. The summed E-state index contributed by atoms with van der Waals surface area (Å²) in [7, 11) is 0. The SMILES string of the molecule is CC(C)(C)c1ccc(C(=O)NC(=S)NC2=NCCC=C2)cc1. The maximum Gasteiger partial charge on any atom is 0.257 e. The topological polar surface area (TPSA) is 53.5 Å². The lowest BCUT2D eigenvalue weighted by atomic mass is 9.87. The number of hydrogen-bond donors (Lipinski definition) is 2. The molecule has 2 rings (SSSR count). The summed E-state index contributed by atoms with van der Waals surface area (Å²) in [5, 5.41) is 5.85. The number of aliphatic imine (C=N–C) groups is 1. The zero-order valence-electron chi connectivity index (χ0n) is 13.1. The number of amides is 1. The molecule has 0 fully saturated rings. The molecular formula is C17H21N3OS. The molecule has 116 valence electrons. The van der Waals surface area contributed by atoms with Gasteiger partial charge >= 0.3 is 0 Å². The number of nitrogens with zero attached hydrogens (tertiary/aromatic N) is 1. The van der Waals surface area contributed by atoms with Gasteiger partial charge in [-0.2, -0.15) is 0 Å². The van der Waals surface area contributed by atoms with Crippen molar-refractivity contribution in [3.05, 3.63) is 47.5 Å². The summed E-state index contributed by atoms with van der Waals surface area (Å²) < 4.78 is 0. The van der Waals surface area contributed by atoms with Gasteiger partial charge in [0.15, 0.2) is 5.11 Å². The first kappa shape index (κ1) is 16.4. The standard InChI is InChI=1S/C17H21N3OS/c1-17(2,3)13-9-7-12(8-10-13)15(21)20-16(22)19-14-6-4-5-11-18-14/h4,6-10H,5,11H2,1-3H3,(H2,18,19,20,21,22). The van der Waals surface area contributed by atoms with Gasteiger partial charge in [0.1, 0.15) is 5.84 Å². The molecule has 0 unspecified atom stereocenters. The maximum atomic E-state index is 12.2. The van der Waals surface area contributed by atoms with Gasteiger partial charge in [0.2, 0.25) is 0 Å². The van der Waals surface area contributed by atoms with Crippen LogP contribution in [0.4, 0.5) is 0 Å². The summed E-state index contributed by atoms with van der Waals surface area (Å²) in [5.41, 5.74) is 1.84. The molecule has 1 aromatic carbocycles. The number of rotatable bonds is 1. The van der Waals surface area contributed by atoms with Crippen LogP contribution in [0.15, 0.2) is 41.4 Å². The molecule has 0 radical (unpaired) electrons. The molecule has 22 heavy (non-hydrogen) atoms. The number of thiocarbonyl (C=S) groups is 1. The van der Waals surface area contributed by atoms with Crippen LogP contribution >= 0.6 is 12.2 Å². The van der Waals surface area contributed by atoms with Gasteiger partial charge in [-0.1, -0.05) is 39.0 Å². The van der Waals surface area contributed by atoms with Gasteiger partial charge in [0, 0.05) is 12.1 Å². The first-order valence-corrected chi connectivity index (χ1v) is 7.71. The third-order valence-corrected chi connectivity index (χ3v) is 3.54. The number of dihydropyridines is 1. The minimum atomic E-state index is -0.224. The Balaban J connectivity index is 1.95. The van der Waals surface area contributed by atoms with Crippen LogP contribution in [0.2, 0.25) is 0 Å². The zero-order chi connectivity index (χ0) is 16.2. The van der Waals surface area contributed by atoms with Crippen molar-refractivity contribution < 1.29 is 4.79 Å². The Morgan fingerprint density at radius 3 is 2.45 bits per heavy atom. The number of nitrogens with one attached hydrogen (secondary N) is 2. The number of benzene rings is 1. The van der Waals surface area contributed by atoms with E-state index in [-0.39, 0.29) is 16.4 Å². The molecule has 1 aliphatic heterocycles. The molecule has 0 aliphatic carbocycles. The summed E-state index contributed by atoms with van der Waals surface area (Å²) in [4.78, 5) is 16.4. The Bertz CT molecular complexity index is 624. The molecule has 1 heterocycles. The van der Waals surface area contributed by atoms with Crippen molar-refractivity contribution in [3.8, 4) is 0 Å². The molecule has 1 aromatic rings. The lowest BCUT2D eigenvalue weighted by Crippen LogP contribution is -2.42. The van der Waals surface area contributed by atoms with Crippen LogP contribution in [0.5, 0.6) is 0 Å². The fourth-order valence-electron chi connectivity index (χ4n) is 2.03. The Morgan fingerprint density at radius 2 is 1.91 bits per heavy atom. The third-order valence-electron chi connectivity index (χ3n) is 3.34. The van der Waals surface area contributed by atoms with Crippen LogP contribution in [0.1, 0.15) is 43.1 Å². The van der Waals surface area contributed by atoms with E-state index in [0.29, 0.717) is 11.4 Å². The Hall–Kier alpha value is -2.01. The molecule has 1 amide bonds. The average molecular weight is 315 g/mol. The molecule has 0 saturated heterocycles.